The molecule has 0 spiro atoms. The minimum absolute atomic E-state index is 0.102. The molecule has 0 saturated carbocycles. The second-order valence-electron chi connectivity index (χ2n) is 6.60. The molecule has 0 bridgehead atoms. The zero-order valence-electron chi connectivity index (χ0n) is 15.6. The first kappa shape index (κ1) is 18.5. The van der Waals surface area contributed by atoms with E-state index in [1.165, 1.54) is 6.07 Å². The molecule has 1 aromatic carbocycles. The molecule has 0 radical (unpaired) electrons. The van der Waals surface area contributed by atoms with E-state index in [1.54, 1.807) is 47.5 Å². The number of pyridine rings is 1. The van der Waals surface area contributed by atoms with Crippen LogP contribution in [0.1, 0.15) is 5.56 Å². The molecule has 146 valence electrons. The largest absolute Gasteiger partial charge is 0.484 e. The molecule has 4 rings (SSSR count). The van der Waals surface area contributed by atoms with Crippen LogP contribution in [0.5, 0.6) is 5.75 Å². The third-order valence-electron chi connectivity index (χ3n) is 4.80. The molecule has 0 atom stereocenters. The molecule has 3 aromatic rings. The van der Waals surface area contributed by atoms with Crippen LogP contribution < -0.4 is 15.3 Å². The Hall–Kier alpha value is -3.86. The Morgan fingerprint density at radius 1 is 1.17 bits per heavy atom. The number of nitriles is 1. The monoisotopic (exact) mass is 390 g/mol. The summed E-state index contributed by atoms with van der Waals surface area (Å²) in [6, 6.07) is 13.8. The van der Waals surface area contributed by atoms with Gasteiger partial charge in [0.25, 0.3) is 5.91 Å². The topological polar surface area (TPSA) is 99.7 Å². The number of hydrogen-bond acceptors (Lipinski definition) is 7. The average molecular weight is 390 g/mol. The second-order valence-corrected chi connectivity index (χ2v) is 6.60. The molecule has 1 aliphatic rings. The van der Waals surface area contributed by atoms with Crippen molar-refractivity contribution in [1.29, 1.82) is 5.26 Å². The summed E-state index contributed by atoms with van der Waals surface area (Å²) in [7, 11) is 0. The van der Waals surface area contributed by atoms with Gasteiger partial charge in [0, 0.05) is 49.9 Å². The molecular formula is C21H18N4O4. The first-order valence-electron chi connectivity index (χ1n) is 9.18. The van der Waals surface area contributed by atoms with E-state index in [1.807, 2.05) is 4.90 Å². The van der Waals surface area contributed by atoms with E-state index in [-0.39, 0.29) is 12.5 Å². The van der Waals surface area contributed by atoms with Gasteiger partial charge in [-0.05, 0) is 30.3 Å². The predicted molar refractivity (Wildman–Crippen MR) is 106 cm³/mol. The van der Waals surface area contributed by atoms with Crippen LogP contribution in [-0.2, 0) is 4.79 Å². The maximum atomic E-state index is 12.5. The zero-order valence-corrected chi connectivity index (χ0v) is 15.6. The Morgan fingerprint density at radius 2 is 1.97 bits per heavy atom. The Bertz CT molecular complexity index is 1140. The van der Waals surface area contributed by atoms with Crippen LogP contribution in [0, 0.1) is 11.3 Å². The summed E-state index contributed by atoms with van der Waals surface area (Å²) in [4.78, 5) is 31.9. The molecule has 8 nitrogen and oxygen atoms in total. The van der Waals surface area contributed by atoms with Gasteiger partial charge in [0.2, 0.25) is 0 Å². The second kappa shape index (κ2) is 8.02. The summed E-state index contributed by atoms with van der Waals surface area (Å²) in [5.74, 6) is 0.989. The van der Waals surface area contributed by atoms with Crippen molar-refractivity contribution in [2.75, 3.05) is 37.7 Å². The number of benzene rings is 1. The number of aromatic nitrogens is 1. The van der Waals surface area contributed by atoms with Crippen molar-refractivity contribution in [2.24, 2.45) is 0 Å². The number of fused-ring (bicyclic) bond motifs is 1. The van der Waals surface area contributed by atoms with Gasteiger partial charge in [-0.15, -0.1) is 0 Å². The van der Waals surface area contributed by atoms with Crippen molar-refractivity contribution >= 4 is 22.7 Å². The van der Waals surface area contributed by atoms with Crippen LogP contribution in [-0.4, -0.2) is 48.6 Å². The van der Waals surface area contributed by atoms with Crippen molar-refractivity contribution in [2.45, 2.75) is 0 Å². The molecule has 0 N–H and O–H groups in total. The lowest BCUT2D eigenvalue weighted by molar-refractivity contribution is -0.133. The Morgan fingerprint density at radius 3 is 2.76 bits per heavy atom. The molecule has 1 saturated heterocycles. The molecule has 0 aliphatic carbocycles. The summed E-state index contributed by atoms with van der Waals surface area (Å²) in [6.45, 7) is 2.14. The fourth-order valence-electron chi connectivity index (χ4n) is 3.27. The van der Waals surface area contributed by atoms with E-state index in [4.69, 9.17) is 9.15 Å². The highest BCUT2D eigenvalue weighted by atomic mass is 16.5. The standard InChI is InChI=1S/C21H18N4O4/c22-13-16-2-1-7-23-21(16)25-10-8-24(9-11-25)19(26)14-28-17-5-3-15-4-6-20(27)29-18(15)12-17/h1-7,12H,8-11,14H2. The number of carbonyl (C=O) groups excluding carboxylic acids is 1. The maximum absolute atomic E-state index is 12.5. The minimum Gasteiger partial charge on any atom is -0.484 e. The first-order chi connectivity index (χ1) is 14.1. The number of rotatable bonds is 4. The fraction of sp³-hybridized carbons (Fsp3) is 0.238. The van der Waals surface area contributed by atoms with Crippen LogP contribution in [0.2, 0.25) is 0 Å². The van der Waals surface area contributed by atoms with Crippen molar-refractivity contribution in [3.63, 3.8) is 0 Å². The molecular weight excluding hydrogens is 372 g/mol. The van der Waals surface area contributed by atoms with Gasteiger partial charge in [-0.3, -0.25) is 4.79 Å². The van der Waals surface area contributed by atoms with E-state index < -0.39 is 5.63 Å². The molecule has 1 amide bonds. The first-order valence-corrected chi connectivity index (χ1v) is 9.18. The lowest BCUT2D eigenvalue weighted by Gasteiger charge is -2.35. The Kier molecular flexibility index (Phi) is 5.12. The van der Waals surface area contributed by atoms with Gasteiger partial charge in [-0.25, -0.2) is 9.78 Å². The van der Waals surface area contributed by atoms with Crippen LogP contribution in [0.4, 0.5) is 5.82 Å². The van der Waals surface area contributed by atoms with E-state index in [2.05, 4.69) is 11.1 Å². The van der Waals surface area contributed by atoms with Gasteiger partial charge in [0.1, 0.15) is 23.2 Å². The lowest BCUT2D eigenvalue weighted by Crippen LogP contribution is -2.50. The predicted octanol–water partition coefficient (Wildman–Crippen LogP) is 1.79. The van der Waals surface area contributed by atoms with Gasteiger partial charge in [-0.2, -0.15) is 5.26 Å². The molecule has 1 aliphatic heterocycles. The molecule has 0 unspecified atom stereocenters. The van der Waals surface area contributed by atoms with Crippen molar-refractivity contribution < 1.29 is 13.9 Å². The highest BCUT2D eigenvalue weighted by molar-refractivity contribution is 5.79. The number of carbonyl (C=O) groups is 1. The quantitative estimate of drug-likeness (QED) is 0.626. The number of ether oxygens (including phenoxy) is 1. The minimum atomic E-state index is -0.434. The summed E-state index contributed by atoms with van der Waals surface area (Å²) >= 11 is 0. The summed E-state index contributed by atoms with van der Waals surface area (Å²) in [6.07, 6.45) is 1.66. The number of piperazine rings is 1. The summed E-state index contributed by atoms with van der Waals surface area (Å²) in [5.41, 5.74) is 0.509. The third-order valence-corrected chi connectivity index (χ3v) is 4.80. The average Bonchev–Trinajstić information content (AvgIpc) is 2.77. The summed E-state index contributed by atoms with van der Waals surface area (Å²) < 4.78 is 10.7. The molecule has 8 heteroatoms. The van der Waals surface area contributed by atoms with Gasteiger partial charge < -0.3 is 19.0 Å². The summed E-state index contributed by atoms with van der Waals surface area (Å²) in [5, 5.41) is 10.0. The fourth-order valence-corrected chi connectivity index (χ4v) is 3.27. The Balaban J connectivity index is 1.34. The smallest absolute Gasteiger partial charge is 0.336 e. The van der Waals surface area contributed by atoms with E-state index >= 15 is 0 Å². The number of hydrogen-bond donors (Lipinski definition) is 0. The number of nitrogens with zero attached hydrogens (tertiary/aromatic N) is 4. The van der Waals surface area contributed by atoms with Crippen molar-refractivity contribution in [3.05, 3.63) is 64.6 Å². The van der Waals surface area contributed by atoms with E-state index in [0.29, 0.717) is 48.9 Å². The van der Waals surface area contributed by atoms with Gasteiger partial charge >= 0.3 is 5.63 Å². The SMILES string of the molecule is N#Cc1cccnc1N1CCN(C(=O)COc2ccc3ccc(=O)oc3c2)CC1. The highest BCUT2D eigenvalue weighted by Gasteiger charge is 2.23. The van der Waals surface area contributed by atoms with Gasteiger partial charge in [0.05, 0.1) is 5.56 Å². The number of amides is 1. The van der Waals surface area contributed by atoms with Crippen LogP contribution in [0.3, 0.4) is 0 Å². The zero-order chi connectivity index (χ0) is 20.2. The van der Waals surface area contributed by atoms with Gasteiger partial charge in [-0.1, -0.05) is 0 Å². The van der Waals surface area contributed by atoms with Crippen molar-refractivity contribution in [3.8, 4) is 11.8 Å². The van der Waals surface area contributed by atoms with E-state index in [9.17, 15) is 14.9 Å². The van der Waals surface area contributed by atoms with E-state index in [0.717, 1.165) is 5.39 Å². The molecule has 2 aromatic heterocycles. The van der Waals surface area contributed by atoms with Crippen molar-refractivity contribution in [1.82, 2.24) is 9.88 Å². The normalized spacial score (nSPS) is 13.9. The number of anilines is 1. The van der Waals surface area contributed by atoms with Crippen LogP contribution in [0.15, 0.2) is 57.9 Å². The maximum Gasteiger partial charge on any atom is 0.336 e. The molecule has 29 heavy (non-hydrogen) atoms. The highest BCUT2D eigenvalue weighted by Crippen LogP contribution is 2.20. The Labute approximate surface area is 166 Å². The molecule has 1 fully saturated rings. The van der Waals surface area contributed by atoms with Crippen LogP contribution >= 0.6 is 0 Å². The van der Waals surface area contributed by atoms with Gasteiger partial charge in [0.15, 0.2) is 6.61 Å². The third kappa shape index (κ3) is 4.04. The van der Waals surface area contributed by atoms with Crippen LogP contribution in [0.25, 0.3) is 11.0 Å². The lowest BCUT2D eigenvalue weighted by atomic mass is 10.2. The molecule has 3 heterocycles.